The number of ether oxygens (including phenoxy) is 2. The molecule has 4 rings (SSSR count). The van der Waals surface area contributed by atoms with Crippen LogP contribution in [0.3, 0.4) is 0 Å². The molecule has 0 spiro atoms. The fourth-order valence-corrected chi connectivity index (χ4v) is 4.31. The first-order chi connectivity index (χ1) is 15.1. The van der Waals surface area contributed by atoms with Gasteiger partial charge in [0, 0.05) is 24.1 Å². The molecule has 1 aliphatic heterocycles. The second-order valence-electron chi connectivity index (χ2n) is 6.75. The highest BCUT2D eigenvalue weighted by molar-refractivity contribution is 8.18. The van der Waals surface area contributed by atoms with E-state index in [2.05, 4.69) is 4.99 Å². The number of hydrogen-bond donors (Lipinski definition) is 0. The van der Waals surface area contributed by atoms with Crippen molar-refractivity contribution in [3.8, 4) is 17.2 Å². The predicted octanol–water partition coefficient (Wildman–Crippen LogP) is 5.12. The lowest BCUT2D eigenvalue weighted by atomic mass is 10.3. The normalized spacial score (nSPS) is 16.4. The largest absolute Gasteiger partial charge is 0.497 e. The zero-order chi connectivity index (χ0) is 21.8. The van der Waals surface area contributed by atoms with Gasteiger partial charge in [-0.05, 0) is 85.4 Å². The average Bonchev–Trinajstić information content (AvgIpc) is 3.38. The predicted molar refractivity (Wildman–Crippen MR) is 125 cm³/mol. The van der Waals surface area contributed by atoms with Crippen molar-refractivity contribution in [1.82, 2.24) is 9.47 Å². The quantitative estimate of drug-likeness (QED) is 0.507. The molecule has 0 aliphatic carbocycles. The van der Waals surface area contributed by atoms with Crippen molar-refractivity contribution in [2.45, 2.75) is 6.92 Å². The summed E-state index contributed by atoms with van der Waals surface area (Å²) in [5.74, 6) is 1.53. The maximum atomic E-state index is 13.0. The summed E-state index contributed by atoms with van der Waals surface area (Å²) in [7, 11) is 3.28. The molecule has 0 atom stereocenters. The van der Waals surface area contributed by atoms with Gasteiger partial charge in [0.25, 0.3) is 5.91 Å². The lowest BCUT2D eigenvalue weighted by Crippen LogP contribution is -2.28. The van der Waals surface area contributed by atoms with Gasteiger partial charge >= 0.3 is 0 Å². The van der Waals surface area contributed by atoms with Gasteiger partial charge in [0.1, 0.15) is 11.5 Å². The van der Waals surface area contributed by atoms with Crippen molar-refractivity contribution in [2.75, 3.05) is 20.8 Å². The van der Waals surface area contributed by atoms with Crippen LogP contribution in [0.25, 0.3) is 11.8 Å². The number of aliphatic imine (C=N–C) groups is 1. The number of hydrogen-bond acceptors (Lipinski definition) is 5. The van der Waals surface area contributed by atoms with Crippen LogP contribution in [0, 0.1) is 0 Å². The number of nitrogens with zero attached hydrogens (tertiary/aromatic N) is 3. The van der Waals surface area contributed by atoms with E-state index in [4.69, 9.17) is 9.47 Å². The fraction of sp³-hybridized carbons (Fsp3) is 0.167. The molecule has 0 N–H and O–H groups in total. The first-order valence-electron chi connectivity index (χ1n) is 9.89. The number of thioether (sulfide) groups is 1. The minimum absolute atomic E-state index is 0.0396. The minimum atomic E-state index is -0.0396. The van der Waals surface area contributed by atoms with Crippen LogP contribution in [0.2, 0.25) is 0 Å². The third kappa shape index (κ3) is 4.36. The second kappa shape index (κ2) is 9.14. The van der Waals surface area contributed by atoms with Gasteiger partial charge in [0.2, 0.25) is 0 Å². The highest BCUT2D eigenvalue weighted by atomic mass is 32.2. The number of likely N-dealkylation sites (N-methyl/N-ethyl adjacent to an activating group) is 1. The van der Waals surface area contributed by atoms with Crippen LogP contribution >= 0.6 is 11.8 Å². The summed E-state index contributed by atoms with van der Waals surface area (Å²) in [5, 5.41) is 0.673. The Balaban J connectivity index is 1.63. The van der Waals surface area contributed by atoms with Gasteiger partial charge in [0.15, 0.2) is 5.17 Å². The highest BCUT2D eigenvalue weighted by Gasteiger charge is 2.32. The molecule has 31 heavy (non-hydrogen) atoms. The minimum Gasteiger partial charge on any atom is -0.497 e. The van der Waals surface area contributed by atoms with E-state index in [1.807, 2.05) is 84.4 Å². The Bertz CT molecular complexity index is 1130. The molecule has 0 unspecified atom stereocenters. The van der Waals surface area contributed by atoms with E-state index in [9.17, 15) is 4.79 Å². The van der Waals surface area contributed by atoms with Gasteiger partial charge in [0.05, 0.1) is 24.8 Å². The van der Waals surface area contributed by atoms with Crippen molar-refractivity contribution < 1.29 is 14.3 Å². The Labute approximate surface area is 185 Å². The van der Waals surface area contributed by atoms with Gasteiger partial charge < -0.3 is 14.0 Å². The molecule has 2 aromatic carbocycles. The number of carbonyl (C=O) groups is 1. The smallest absolute Gasteiger partial charge is 0.266 e. The average molecular weight is 434 g/mol. The Morgan fingerprint density at radius 1 is 0.968 bits per heavy atom. The molecular formula is C24H23N3O3S. The van der Waals surface area contributed by atoms with Crippen molar-refractivity contribution in [2.24, 2.45) is 4.99 Å². The number of amides is 1. The maximum absolute atomic E-state index is 13.0. The Kier molecular flexibility index (Phi) is 6.13. The molecule has 7 heteroatoms. The van der Waals surface area contributed by atoms with Crippen LogP contribution in [0.5, 0.6) is 11.5 Å². The van der Waals surface area contributed by atoms with E-state index < -0.39 is 0 Å². The van der Waals surface area contributed by atoms with E-state index in [1.165, 1.54) is 11.8 Å². The Morgan fingerprint density at radius 2 is 1.61 bits per heavy atom. The van der Waals surface area contributed by atoms with Crippen LogP contribution in [0.4, 0.5) is 5.69 Å². The Morgan fingerprint density at radius 3 is 2.23 bits per heavy atom. The van der Waals surface area contributed by atoms with Crippen molar-refractivity contribution in [1.29, 1.82) is 0 Å². The van der Waals surface area contributed by atoms with Crippen LogP contribution in [-0.2, 0) is 4.79 Å². The standard InChI is InChI=1S/C24H23N3O3S/c1-4-26-23(28)22(31-24(26)25-17-7-11-20(29-2)12-8-17)16-19-6-5-15-27(19)18-9-13-21(30-3)14-10-18/h5-16H,4H2,1-3H3/b22-16-,25-24?. The number of benzene rings is 2. The monoisotopic (exact) mass is 433 g/mol. The molecule has 0 radical (unpaired) electrons. The first kappa shape index (κ1) is 20.8. The summed E-state index contributed by atoms with van der Waals surface area (Å²) in [5.41, 5.74) is 2.69. The zero-order valence-corrected chi connectivity index (χ0v) is 18.4. The SMILES string of the molecule is CCN1C(=O)/C(=C/c2cccn2-c2ccc(OC)cc2)SC1=Nc1ccc(OC)cc1. The van der Waals surface area contributed by atoms with Crippen molar-refractivity contribution in [3.63, 3.8) is 0 Å². The van der Waals surface area contributed by atoms with Gasteiger partial charge in [-0.25, -0.2) is 4.99 Å². The van der Waals surface area contributed by atoms with Gasteiger partial charge in [-0.2, -0.15) is 0 Å². The third-order valence-electron chi connectivity index (χ3n) is 4.91. The van der Waals surface area contributed by atoms with E-state index in [0.29, 0.717) is 16.6 Å². The molecule has 2 heterocycles. The molecule has 6 nitrogen and oxygen atoms in total. The number of methoxy groups -OCH3 is 2. The summed E-state index contributed by atoms with van der Waals surface area (Å²) in [6, 6.07) is 19.2. The summed E-state index contributed by atoms with van der Waals surface area (Å²) >= 11 is 1.39. The maximum Gasteiger partial charge on any atom is 0.266 e. The lowest BCUT2D eigenvalue weighted by Gasteiger charge is -2.12. The molecule has 0 bridgehead atoms. The molecule has 0 saturated carbocycles. The number of aromatic nitrogens is 1. The topological polar surface area (TPSA) is 56.1 Å². The van der Waals surface area contributed by atoms with Crippen molar-refractivity contribution >= 4 is 34.6 Å². The van der Waals surface area contributed by atoms with E-state index in [-0.39, 0.29) is 5.91 Å². The van der Waals surface area contributed by atoms with Gasteiger partial charge in [-0.3, -0.25) is 9.69 Å². The Hall–Kier alpha value is -3.45. The van der Waals surface area contributed by atoms with Crippen LogP contribution in [0.15, 0.2) is 76.8 Å². The molecule has 1 aliphatic rings. The summed E-state index contributed by atoms with van der Waals surface area (Å²) in [4.78, 5) is 20.0. The summed E-state index contributed by atoms with van der Waals surface area (Å²) < 4.78 is 12.5. The molecule has 1 fully saturated rings. The highest BCUT2D eigenvalue weighted by Crippen LogP contribution is 2.34. The number of amidine groups is 1. The van der Waals surface area contributed by atoms with Gasteiger partial charge in [-0.15, -0.1) is 0 Å². The van der Waals surface area contributed by atoms with Crippen molar-refractivity contribution in [3.05, 3.63) is 77.5 Å². The molecule has 1 amide bonds. The molecular weight excluding hydrogens is 410 g/mol. The van der Waals surface area contributed by atoms with Crippen LogP contribution in [0.1, 0.15) is 12.6 Å². The van der Waals surface area contributed by atoms with E-state index in [0.717, 1.165) is 28.6 Å². The van der Waals surface area contributed by atoms with E-state index in [1.54, 1.807) is 19.1 Å². The zero-order valence-electron chi connectivity index (χ0n) is 17.6. The lowest BCUT2D eigenvalue weighted by molar-refractivity contribution is -0.122. The molecule has 158 valence electrons. The molecule has 1 aromatic heterocycles. The number of carbonyl (C=O) groups excluding carboxylic acids is 1. The molecule has 1 saturated heterocycles. The fourth-order valence-electron chi connectivity index (χ4n) is 3.26. The van der Waals surface area contributed by atoms with Crippen LogP contribution < -0.4 is 9.47 Å². The van der Waals surface area contributed by atoms with Crippen LogP contribution in [-0.4, -0.2) is 41.3 Å². The third-order valence-corrected chi connectivity index (χ3v) is 5.92. The summed E-state index contributed by atoms with van der Waals surface area (Å²) in [6.45, 7) is 2.50. The first-order valence-corrected chi connectivity index (χ1v) is 10.7. The molecule has 3 aromatic rings. The van der Waals surface area contributed by atoms with Gasteiger partial charge in [-0.1, -0.05) is 0 Å². The summed E-state index contributed by atoms with van der Waals surface area (Å²) in [6.07, 6.45) is 3.89. The van der Waals surface area contributed by atoms with E-state index >= 15 is 0 Å². The number of rotatable bonds is 6. The second-order valence-corrected chi connectivity index (χ2v) is 7.76.